The zero-order chi connectivity index (χ0) is 18.6. The molecule has 1 heterocycles. The maximum atomic E-state index is 12.4. The average molecular weight is 343 g/mol. The highest BCUT2D eigenvalue weighted by Gasteiger charge is 2.18. The van der Waals surface area contributed by atoms with Crippen LogP contribution in [0.3, 0.4) is 0 Å². The molecule has 0 aliphatic rings. The van der Waals surface area contributed by atoms with E-state index in [-0.39, 0.29) is 17.9 Å². The lowest BCUT2D eigenvalue weighted by atomic mass is 10.1. The number of rotatable bonds is 5. The average Bonchev–Trinajstić information content (AvgIpc) is 2.94. The number of benzene rings is 1. The molecule has 0 aliphatic heterocycles. The lowest BCUT2D eigenvalue weighted by Gasteiger charge is -2.21. The highest BCUT2D eigenvalue weighted by atomic mass is 16.2. The number of hydrogen-bond donors (Lipinski definition) is 2. The maximum Gasteiger partial charge on any atom is 0.322 e. The van der Waals surface area contributed by atoms with E-state index in [1.807, 2.05) is 37.3 Å². The summed E-state index contributed by atoms with van der Waals surface area (Å²) in [5, 5.41) is 9.90. The predicted molar refractivity (Wildman–Crippen MR) is 98.3 cm³/mol. The van der Waals surface area contributed by atoms with Crippen LogP contribution in [0.1, 0.15) is 12.5 Å². The molecule has 134 valence electrons. The number of anilines is 1. The minimum atomic E-state index is -0.283. The van der Waals surface area contributed by atoms with Gasteiger partial charge in [0.2, 0.25) is 5.91 Å². The molecule has 25 heavy (non-hydrogen) atoms. The van der Waals surface area contributed by atoms with E-state index in [0.717, 1.165) is 16.8 Å². The second kappa shape index (κ2) is 7.83. The molecule has 3 amide bonds. The minimum Gasteiger partial charge on any atom is -0.359 e. The Hall–Kier alpha value is -2.83. The van der Waals surface area contributed by atoms with Gasteiger partial charge < -0.3 is 10.2 Å². The van der Waals surface area contributed by atoms with E-state index >= 15 is 0 Å². The van der Waals surface area contributed by atoms with Crippen molar-refractivity contribution in [2.24, 2.45) is 13.0 Å². The van der Waals surface area contributed by atoms with Gasteiger partial charge in [0, 0.05) is 39.3 Å². The van der Waals surface area contributed by atoms with Gasteiger partial charge in [-0.15, -0.1) is 0 Å². The number of carbonyl (C=O) groups excluding carboxylic acids is 2. The molecular weight excluding hydrogens is 318 g/mol. The molecule has 0 radical (unpaired) electrons. The molecule has 7 heteroatoms. The Kier molecular flexibility index (Phi) is 5.80. The van der Waals surface area contributed by atoms with Gasteiger partial charge in [0.15, 0.2) is 0 Å². The molecule has 0 aliphatic carbocycles. The number of aryl methyl sites for hydroxylation is 2. The zero-order valence-corrected chi connectivity index (χ0v) is 15.3. The summed E-state index contributed by atoms with van der Waals surface area (Å²) >= 11 is 0. The monoisotopic (exact) mass is 343 g/mol. The van der Waals surface area contributed by atoms with Crippen molar-refractivity contribution in [3.05, 3.63) is 35.9 Å². The van der Waals surface area contributed by atoms with Gasteiger partial charge in [-0.3, -0.25) is 14.8 Å². The smallest absolute Gasteiger partial charge is 0.322 e. The molecule has 7 nitrogen and oxygen atoms in total. The molecule has 2 aromatic rings. The quantitative estimate of drug-likeness (QED) is 0.874. The van der Waals surface area contributed by atoms with Gasteiger partial charge in [-0.1, -0.05) is 31.2 Å². The molecule has 0 fully saturated rings. The highest BCUT2D eigenvalue weighted by molar-refractivity contribution is 5.89. The van der Waals surface area contributed by atoms with Gasteiger partial charge in [0.1, 0.15) is 5.82 Å². The topological polar surface area (TPSA) is 79.3 Å². The van der Waals surface area contributed by atoms with Crippen LogP contribution >= 0.6 is 0 Å². The predicted octanol–water partition coefficient (Wildman–Crippen LogP) is 2.24. The number of amides is 3. The molecule has 1 aromatic heterocycles. The van der Waals surface area contributed by atoms with Crippen molar-refractivity contribution >= 4 is 17.8 Å². The summed E-state index contributed by atoms with van der Waals surface area (Å²) in [7, 11) is 5.03. The largest absolute Gasteiger partial charge is 0.359 e. The van der Waals surface area contributed by atoms with E-state index in [1.54, 1.807) is 32.7 Å². The minimum absolute atomic E-state index is 0.0953. The van der Waals surface area contributed by atoms with Crippen LogP contribution in [0.25, 0.3) is 11.3 Å². The molecular formula is C18H25N5O2. The molecule has 2 N–H and O–H groups in total. The Balaban J connectivity index is 2.09. The van der Waals surface area contributed by atoms with Crippen molar-refractivity contribution in [1.29, 1.82) is 0 Å². The van der Waals surface area contributed by atoms with Crippen LogP contribution < -0.4 is 10.6 Å². The first-order chi connectivity index (χ1) is 11.8. The SMILES string of the molecule is CNC(=O)[C@@H](C)CN(C)C(=O)Nc1cc(-c2ccccc2C)nn1C. The fraction of sp³-hybridized carbons (Fsp3) is 0.389. The molecule has 1 atom stereocenters. The number of urea groups is 1. The summed E-state index contributed by atoms with van der Waals surface area (Å²) in [5.41, 5.74) is 2.95. The van der Waals surface area contributed by atoms with Crippen LogP contribution in [0.4, 0.5) is 10.6 Å². The van der Waals surface area contributed by atoms with Crippen molar-refractivity contribution in [2.45, 2.75) is 13.8 Å². The third-order valence-electron chi connectivity index (χ3n) is 4.12. The van der Waals surface area contributed by atoms with Crippen molar-refractivity contribution in [1.82, 2.24) is 20.0 Å². The van der Waals surface area contributed by atoms with E-state index in [4.69, 9.17) is 0 Å². The first-order valence-corrected chi connectivity index (χ1v) is 8.17. The van der Waals surface area contributed by atoms with Crippen LogP contribution in [-0.2, 0) is 11.8 Å². The van der Waals surface area contributed by atoms with Gasteiger partial charge in [-0.05, 0) is 12.5 Å². The summed E-state index contributed by atoms with van der Waals surface area (Å²) in [4.78, 5) is 25.4. The second-order valence-electron chi connectivity index (χ2n) is 6.18. The van der Waals surface area contributed by atoms with E-state index in [1.165, 1.54) is 4.90 Å². The summed E-state index contributed by atoms with van der Waals surface area (Å²) in [6.07, 6.45) is 0. The molecule has 1 aromatic carbocycles. The molecule has 0 unspecified atom stereocenters. The second-order valence-corrected chi connectivity index (χ2v) is 6.18. The maximum absolute atomic E-state index is 12.4. The Morgan fingerprint density at radius 2 is 2.00 bits per heavy atom. The third kappa shape index (κ3) is 4.37. The molecule has 0 spiro atoms. The van der Waals surface area contributed by atoms with E-state index < -0.39 is 0 Å². The molecule has 2 rings (SSSR count). The van der Waals surface area contributed by atoms with Crippen LogP contribution in [0.2, 0.25) is 0 Å². The number of carbonyl (C=O) groups is 2. The van der Waals surface area contributed by atoms with Gasteiger partial charge in [0.25, 0.3) is 0 Å². The summed E-state index contributed by atoms with van der Waals surface area (Å²) < 4.78 is 1.63. The molecule has 0 saturated heterocycles. The number of nitrogens with zero attached hydrogens (tertiary/aromatic N) is 3. The van der Waals surface area contributed by atoms with Crippen LogP contribution in [0.5, 0.6) is 0 Å². The lowest BCUT2D eigenvalue weighted by Crippen LogP contribution is -2.39. The Morgan fingerprint density at radius 3 is 2.64 bits per heavy atom. The van der Waals surface area contributed by atoms with Crippen molar-refractivity contribution < 1.29 is 9.59 Å². The van der Waals surface area contributed by atoms with Gasteiger partial charge in [-0.25, -0.2) is 4.79 Å². The fourth-order valence-electron chi connectivity index (χ4n) is 2.60. The van der Waals surface area contributed by atoms with E-state index in [9.17, 15) is 9.59 Å². The standard InChI is InChI=1S/C18H25N5O2/c1-12-8-6-7-9-14(12)15-10-16(23(5)21-15)20-18(25)22(4)11-13(2)17(24)19-3/h6-10,13H,11H2,1-5H3,(H,19,24)(H,20,25)/t13-/m0/s1. The van der Waals surface area contributed by atoms with Crippen molar-refractivity contribution in [3.8, 4) is 11.3 Å². The normalized spacial score (nSPS) is 11.7. The van der Waals surface area contributed by atoms with Crippen molar-refractivity contribution in [3.63, 3.8) is 0 Å². The van der Waals surface area contributed by atoms with Crippen LogP contribution in [-0.4, -0.2) is 47.3 Å². The van der Waals surface area contributed by atoms with E-state index in [2.05, 4.69) is 15.7 Å². The van der Waals surface area contributed by atoms with Crippen molar-refractivity contribution in [2.75, 3.05) is 26.0 Å². The van der Waals surface area contributed by atoms with Crippen LogP contribution in [0.15, 0.2) is 30.3 Å². The van der Waals surface area contributed by atoms with Gasteiger partial charge in [0.05, 0.1) is 11.6 Å². The third-order valence-corrected chi connectivity index (χ3v) is 4.12. The highest BCUT2D eigenvalue weighted by Crippen LogP contribution is 2.24. The summed E-state index contributed by atoms with van der Waals surface area (Å²) in [5.74, 6) is 0.222. The Bertz CT molecular complexity index is 769. The van der Waals surface area contributed by atoms with Gasteiger partial charge >= 0.3 is 6.03 Å². The molecule has 0 saturated carbocycles. The Labute approximate surface area is 148 Å². The number of aromatic nitrogens is 2. The first kappa shape index (κ1) is 18.5. The van der Waals surface area contributed by atoms with Gasteiger partial charge in [-0.2, -0.15) is 5.10 Å². The fourth-order valence-corrected chi connectivity index (χ4v) is 2.60. The lowest BCUT2D eigenvalue weighted by molar-refractivity contribution is -0.124. The number of hydrogen-bond acceptors (Lipinski definition) is 3. The zero-order valence-electron chi connectivity index (χ0n) is 15.3. The summed E-state index contributed by atoms with van der Waals surface area (Å²) in [6, 6.07) is 9.53. The van der Waals surface area contributed by atoms with E-state index in [0.29, 0.717) is 12.4 Å². The number of nitrogens with one attached hydrogen (secondary N) is 2. The first-order valence-electron chi connectivity index (χ1n) is 8.17. The summed E-state index contributed by atoms with van der Waals surface area (Å²) in [6.45, 7) is 4.13. The molecule has 0 bridgehead atoms. The Morgan fingerprint density at radius 1 is 1.32 bits per heavy atom. The van der Waals surface area contributed by atoms with Crippen LogP contribution in [0, 0.1) is 12.8 Å².